The lowest BCUT2D eigenvalue weighted by Crippen LogP contribution is -2.50. The summed E-state index contributed by atoms with van der Waals surface area (Å²) in [5.74, 6) is 0. The molecule has 2 N–H and O–H groups in total. The van der Waals surface area contributed by atoms with Crippen LogP contribution in [0.3, 0.4) is 0 Å². The fourth-order valence-electron chi connectivity index (χ4n) is 2.02. The minimum absolute atomic E-state index is 0.168. The molecular weight excluding hydrogens is 204 g/mol. The van der Waals surface area contributed by atoms with E-state index >= 15 is 0 Å². The van der Waals surface area contributed by atoms with Gasteiger partial charge < -0.3 is 10.2 Å². The van der Waals surface area contributed by atoms with E-state index in [0.29, 0.717) is 6.42 Å². The molecule has 0 saturated heterocycles. The minimum Gasteiger partial charge on any atom is -0.390 e. The second-order valence-corrected chi connectivity index (χ2v) is 11.8. The van der Waals surface area contributed by atoms with Crippen molar-refractivity contribution in [1.29, 1.82) is 0 Å². The lowest BCUT2D eigenvalue weighted by Gasteiger charge is -2.46. The molecule has 0 saturated carbocycles. The summed E-state index contributed by atoms with van der Waals surface area (Å²) >= 11 is 0. The molecule has 0 bridgehead atoms. The number of aliphatic hydroxyl groups excluding tert-OH is 2. The predicted octanol–water partition coefficient (Wildman–Crippen LogP) is 2.55. The third-order valence-corrected chi connectivity index (χ3v) is 10.3. The van der Waals surface area contributed by atoms with Crippen LogP contribution < -0.4 is 0 Å². The number of hydrogen-bond donors (Lipinski definition) is 2. The Labute approximate surface area is 94.0 Å². The van der Waals surface area contributed by atoms with Gasteiger partial charge in [0.25, 0.3) is 0 Å². The highest BCUT2D eigenvalue weighted by molar-refractivity contribution is 6.82. The molecule has 1 aliphatic carbocycles. The van der Waals surface area contributed by atoms with E-state index in [1.165, 1.54) is 0 Å². The standard InChI is InChI=1S/C12H24O2Si/c1-12(2,3)15(4,5)10-8-6-7-9(13)11(10)14/h6,8-11,13-14H,7H2,1-5H3/t9-,10-,11-/m0/s1. The van der Waals surface area contributed by atoms with E-state index in [1.807, 2.05) is 6.08 Å². The van der Waals surface area contributed by atoms with E-state index < -0.39 is 20.3 Å². The molecule has 88 valence electrons. The Kier molecular flexibility index (Phi) is 3.48. The van der Waals surface area contributed by atoms with Crippen LogP contribution in [0, 0.1) is 0 Å². The number of rotatable bonds is 1. The van der Waals surface area contributed by atoms with Gasteiger partial charge in [0.2, 0.25) is 0 Å². The largest absolute Gasteiger partial charge is 0.390 e. The first-order valence-corrected chi connectivity index (χ1v) is 8.78. The molecule has 3 heteroatoms. The molecule has 1 aliphatic rings. The fourth-order valence-corrected chi connectivity index (χ4v) is 4.72. The van der Waals surface area contributed by atoms with Gasteiger partial charge in [0.15, 0.2) is 0 Å². The molecule has 0 heterocycles. The van der Waals surface area contributed by atoms with Gasteiger partial charge in [-0.15, -0.1) is 0 Å². The first-order valence-electron chi connectivity index (χ1n) is 5.70. The van der Waals surface area contributed by atoms with E-state index in [0.717, 1.165) is 0 Å². The lowest BCUT2D eigenvalue weighted by molar-refractivity contribution is 0.0176. The van der Waals surface area contributed by atoms with E-state index in [9.17, 15) is 10.2 Å². The average Bonchev–Trinajstić information content (AvgIpc) is 2.07. The van der Waals surface area contributed by atoms with Crippen molar-refractivity contribution in [1.82, 2.24) is 0 Å². The highest BCUT2D eigenvalue weighted by Gasteiger charge is 2.46. The Bertz CT molecular complexity index is 253. The van der Waals surface area contributed by atoms with Gasteiger partial charge in [-0.25, -0.2) is 0 Å². The third-order valence-electron chi connectivity index (χ3n) is 4.25. The van der Waals surface area contributed by atoms with Crippen LogP contribution in [-0.4, -0.2) is 30.5 Å². The zero-order valence-electron chi connectivity index (χ0n) is 10.5. The Morgan fingerprint density at radius 1 is 1.20 bits per heavy atom. The average molecular weight is 228 g/mol. The van der Waals surface area contributed by atoms with E-state index in [-0.39, 0.29) is 10.6 Å². The Morgan fingerprint density at radius 3 is 2.20 bits per heavy atom. The molecule has 15 heavy (non-hydrogen) atoms. The quantitative estimate of drug-likeness (QED) is 0.535. The molecule has 0 aromatic heterocycles. The van der Waals surface area contributed by atoms with Crippen LogP contribution in [0.1, 0.15) is 27.2 Å². The normalized spacial score (nSPS) is 33.1. The van der Waals surface area contributed by atoms with E-state index in [2.05, 4.69) is 39.9 Å². The zero-order chi connectivity index (χ0) is 11.9. The van der Waals surface area contributed by atoms with Crippen LogP contribution in [-0.2, 0) is 0 Å². The van der Waals surface area contributed by atoms with Gasteiger partial charge in [0, 0.05) is 5.54 Å². The Morgan fingerprint density at radius 2 is 1.73 bits per heavy atom. The van der Waals surface area contributed by atoms with Gasteiger partial charge in [0.05, 0.1) is 20.3 Å². The van der Waals surface area contributed by atoms with Crippen LogP contribution in [0.5, 0.6) is 0 Å². The van der Waals surface area contributed by atoms with Gasteiger partial charge >= 0.3 is 0 Å². The van der Waals surface area contributed by atoms with Crippen molar-refractivity contribution in [3.05, 3.63) is 12.2 Å². The molecule has 0 amide bonds. The van der Waals surface area contributed by atoms with Crippen molar-refractivity contribution < 1.29 is 10.2 Å². The van der Waals surface area contributed by atoms with Gasteiger partial charge in [0.1, 0.15) is 0 Å². The van der Waals surface area contributed by atoms with E-state index in [4.69, 9.17) is 0 Å². The second-order valence-electron chi connectivity index (χ2n) is 6.22. The maximum absolute atomic E-state index is 10.1. The van der Waals surface area contributed by atoms with Crippen molar-refractivity contribution in [3.63, 3.8) is 0 Å². The molecule has 0 aromatic rings. The molecule has 1 rings (SSSR count). The molecule has 2 nitrogen and oxygen atoms in total. The van der Waals surface area contributed by atoms with Crippen molar-refractivity contribution in [2.75, 3.05) is 0 Å². The smallest absolute Gasteiger partial charge is 0.0840 e. The highest BCUT2D eigenvalue weighted by Crippen LogP contribution is 2.47. The molecule has 3 atom stereocenters. The van der Waals surface area contributed by atoms with Crippen molar-refractivity contribution in [2.45, 2.75) is 63.1 Å². The van der Waals surface area contributed by atoms with Crippen LogP contribution in [0.25, 0.3) is 0 Å². The van der Waals surface area contributed by atoms with Crippen LogP contribution >= 0.6 is 0 Å². The van der Waals surface area contributed by atoms with E-state index in [1.54, 1.807) is 0 Å². The summed E-state index contributed by atoms with van der Waals surface area (Å²) in [6, 6.07) is 0. The zero-order valence-corrected chi connectivity index (χ0v) is 11.5. The second kappa shape index (κ2) is 4.04. The van der Waals surface area contributed by atoms with Gasteiger partial charge in [-0.1, -0.05) is 46.0 Å². The first-order chi connectivity index (χ1) is 6.68. The van der Waals surface area contributed by atoms with Crippen LogP contribution in [0.15, 0.2) is 12.2 Å². The SMILES string of the molecule is CC(C)(C)[Si](C)(C)[C@H]1C=CC[C@H](O)[C@@H]1O. The maximum atomic E-state index is 10.1. The number of aliphatic hydroxyl groups is 2. The molecule has 0 aromatic carbocycles. The lowest BCUT2D eigenvalue weighted by atomic mass is 10.0. The number of hydrogen-bond acceptors (Lipinski definition) is 2. The molecule has 0 aliphatic heterocycles. The summed E-state index contributed by atoms with van der Waals surface area (Å²) in [5.41, 5.74) is 0.168. The van der Waals surface area contributed by atoms with Gasteiger partial charge in [-0.3, -0.25) is 0 Å². The highest BCUT2D eigenvalue weighted by atomic mass is 28.3. The van der Waals surface area contributed by atoms with Crippen molar-refractivity contribution >= 4 is 8.07 Å². The first kappa shape index (κ1) is 12.9. The monoisotopic (exact) mass is 228 g/mol. The summed E-state index contributed by atoms with van der Waals surface area (Å²) in [4.78, 5) is 0. The molecule has 0 radical (unpaired) electrons. The van der Waals surface area contributed by atoms with Crippen LogP contribution in [0.4, 0.5) is 0 Å². The summed E-state index contributed by atoms with van der Waals surface area (Å²) < 4.78 is 0. The molecule has 0 fully saturated rings. The Balaban J connectivity index is 2.96. The van der Waals surface area contributed by atoms with Crippen molar-refractivity contribution in [2.24, 2.45) is 0 Å². The summed E-state index contributed by atoms with van der Waals surface area (Å²) in [7, 11) is -1.61. The summed E-state index contributed by atoms with van der Waals surface area (Å²) in [6.45, 7) is 11.3. The fraction of sp³-hybridized carbons (Fsp3) is 0.833. The predicted molar refractivity (Wildman–Crippen MR) is 66.7 cm³/mol. The van der Waals surface area contributed by atoms with Crippen molar-refractivity contribution in [3.8, 4) is 0 Å². The maximum Gasteiger partial charge on any atom is 0.0840 e. The molecular formula is C12H24O2Si. The summed E-state index contributed by atoms with van der Waals surface area (Å²) in [6.07, 6.45) is 3.58. The Hall–Kier alpha value is -0.123. The minimum atomic E-state index is -1.61. The van der Waals surface area contributed by atoms with Gasteiger partial charge in [-0.2, -0.15) is 0 Å². The molecule has 0 unspecified atom stereocenters. The summed E-state index contributed by atoms with van der Waals surface area (Å²) in [5, 5.41) is 20.0. The third kappa shape index (κ3) is 2.35. The molecule has 0 spiro atoms. The van der Waals surface area contributed by atoms with Gasteiger partial charge in [-0.05, 0) is 11.5 Å². The topological polar surface area (TPSA) is 40.5 Å². The van der Waals surface area contributed by atoms with Crippen LogP contribution in [0.2, 0.25) is 23.7 Å².